The molecule has 21 heavy (non-hydrogen) atoms. The number of anilines is 1. The molecular formula is C14H19F2N3O2. The molecule has 0 aliphatic carbocycles. The van der Waals surface area contributed by atoms with E-state index in [1.54, 1.807) is 16.9 Å². The molecule has 0 bridgehead atoms. The van der Waals surface area contributed by atoms with Crippen molar-refractivity contribution in [3.63, 3.8) is 0 Å². The van der Waals surface area contributed by atoms with E-state index in [9.17, 15) is 13.6 Å². The Bertz CT molecular complexity index is 471. The van der Waals surface area contributed by atoms with E-state index in [2.05, 4.69) is 5.32 Å². The number of rotatable bonds is 4. The molecule has 0 radical (unpaired) electrons. The lowest BCUT2D eigenvalue weighted by molar-refractivity contribution is 0.177. The van der Waals surface area contributed by atoms with Gasteiger partial charge in [-0.25, -0.2) is 13.6 Å². The number of urea groups is 1. The number of halogens is 2. The number of ether oxygens (including phenoxy) is 1. The number of hydrogen-bond donors (Lipinski definition) is 1. The summed E-state index contributed by atoms with van der Waals surface area (Å²) in [6.07, 6.45) is 0. The van der Waals surface area contributed by atoms with Crippen molar-refractivity contribution in [1.82, 2.24) is 10.2 Å². The first-order valence-electron chi connectivity index (χ1n) is 6.84. The number of nitrogens with zero attached hydrogens (tertiary/aromatic N) is 2. The van der Waals surface area contributed by atoms with Crippen molar-refractivity contribution < 1.29 is 18.3 Å². The summed E-state index contributed by atoms with van der Waals surface area (Å²) >= 11 is 0. The number of amides is 2. The van der Waals surface area contributed by atoms with Gasteiger partial charge < -0.3 is 19.9 Å². The Morgan fingerprint density at radius 1 is 1.24 bits per heavy atom. The normalized spacial score (nSPS) is 15.2. The van der Waals surface area contributed by atoms with E-state index in [-0.39, 0.29) is 11.7 Å². The van der Waals surface area contributed by atoms with Gasteiger partial charge in [0.1, 0.15) is 17.3 Å². The lowest BCUT2D eigenvalue weighted by Gasteiger charge is -2.36. The van der Waals surface area contributed by atoms with E-state index >= 15 is 0 Å². The SMILES string of the molecule is COCCNC(=O)N1CCN(c2c(F)cccc2F)CC1. The fourth-order valence-corrected chi connectivity index (χ4v) is 2.30. The summed E-state index contributed by atoms with van der Waals surface area (Å²) in [6.45, 7) is 2.54. The fraction of sp³-hybridized carbons (Fsp3) is 0.500. The van der Waals surface area contributed by atoms with Crippen LogP contribution in [0, 0.1) is 11.6 Å². The number of para-hydroxylation sites is 1. The van der Waals surface area contributed by atoms with Gasteiger partial charge in [0.25, 0.3) is 0 Å². The molecule has 1 heterocycles. The molecule has 2 amide bonds. The van der Waals surface area contributed by atoms with Gasteiger partial charge in [0.2, 0.25) is 0 Å². The van der Waals surface area contributed by atoms with Crippen LogP contribution < -0.4 is 10.2 Å². The minimum atomic E-state index is -0.576. The first-order chi connectivity index (χ1) is 10.1. The van der Waals surface area contributed by atoms with Gasteiger partial charge >= 0.3 is 6.03 Å². The lowest BCUT2D eigenvalue weighted by atomic mass is 10.2. The van der Waals surface area contributed by atoms with Gasteiger partial charge in [-0.2, -0.15) is 0 Å². The zero-order chi connectivity index (χ0) is 15.2. The van der Waals surface area contributed by atoms with Gasteiger partial charge in [0, 0.05) is 39.8 Å². The third-order valence-electron chi connectivity index (χ3n) is 3.40. The number of benzene rings is 1. The molecule has 1 aliphatic rings. The molecule has 1 N–H and O–H groups in total. The number of methoxy groups -OCH3 is 1. The van der Waals surface area contributed by atoms with Crippen LogP contribution in [-0.4, -0.2) is 57.4 Å². The predicted molar refractivity (Wildman–Crippen MR) is 75.4 cm³/mol. The Kier molecular flexibility index (Phi) is 5.32. The van der Waals surface area contributed by atoms with Crippen LogP contribution in [-0.2, 0) is 4.74 Å². The molecule has 0 atom stereocenters. The van der Waals surface area contributed by atoms with Crippen molar-refractivity contribution in [3.05, 3.63) is 29.8 Å². The summed E-state index contributed by atoms with van der Waals surface area (Å²) in [4.78, 5) is 15.1. The maximum Gasteiger partial charge on any atom is 0.317 e. The van der Waals surface area contributed by atoms with Crippen LogP contribution in [0.25, 0.3) is 0 Å². The highest BCUT2D eigenvalue weighted by molar-refractivity contribution is 5.74. The monoisotopic (exact) mass is 299 g/mol. The van der Waals surface area contributed by atoms with Gasteiger partial charge in [-0.05, 0) is 12.1 Å². The maximum atomic E-state index is 13.7. The Hall–Kier alpha value is -1.89. The van der Waals surface area contributed by atoms with Crippen molar-refractivity contribution in [2.24, 2.45) is 0 Å². The fourth-order valence-electron chi connectivity index (χ4n) is 2.30. The molecule has 0 aromatic heterocycles. The first-order valence-corrected chi connectivity index (χ1v) is 6.84. The van der Waals surface area contributed by atoms with Gasteiger partial charge in [0.15, 0.2) is 0 Å². The van der Waals surface area contributed by atoms with Crippen LogP contribution >= 0.6 is 0 Å². The van der Waals surface area contributed by atoms with Crippen molar-refractivity contribution in [2.45, 2.75) is 0 Å². The molecule has 0 saturated carbocycles. The molecule has 0 spiro atoms. The molecule has 1 saturated heterocycles. The summed E-state index contributed by atoms with van der Waals surface area (Å²) in [5.41, 5.74) is -0.0167. The van der Waals surface area contributed by atoms with Gasteiger partial charge in [-0.3, -0.25) is 0 Å². The third kappa shape index (κ3) is 3.81. The van der Waals surface area contributed by atoms with E-state index in [4.69, 9.17) is 4.74 Å². The van der Waals surface area contributed by atoms with Crippen molar-refractivity contribution >= 4 is 11.7 Å². The Labute approximate surface area is 122 Å². The molecule has 1 aliphatic heterocycles. The number of piperazine rings is 1. The molecule has 1 aromatic rings. The Morgan fingerprint density at radius 3 is 2.43 bits per heavy atom. The predicted octanol–water partition coefficient (Wildman–Crippen LogP) is 1.44. The largest absolute Gasteiger partial charge is 0.383 e. The van der Waals surface area contributed by atoms with E-state index in [1.165, 1.54) is 18.2 Å². The molecule has 7 heteroatoms. The smallest absolute Gasteiger partial charge is 0.317 e. The average Bonchev–Trinajstić information content (AvgIpc) is 2.48. The summed E-state index contributed by atoms with van der Waals surface area (Å²) in [5, 5.41) is 2.73. The minimum absolute atomic E-state index is 0.0167. The maximum absolute atomic E-state index is 13.7. The van der Waals surface area contributed by atoms with Crippen LogP contribution in [0.5, 0.6) is 0 Å². The number of nitrogens with one attached hydrogen (secondary N) is 1. The highest BCUT2D eigenvalue weighted by Gasteiger charge is 2.24. The first kappa shape index (κ1) is 15.5. The zero-order valence-electron chi connectivity index (χ0n) is 11.9. The van der Waals surface area contributed by atoms with Gasteiger partial charge in [0.05, 0.1) is 6.61 Å². The molecule has 5 nitrogen and oxygen atoms in total. The van der Waals surface area contributed by atoms with Crippen LogP contribution in [0.2, 0.25) is 0 Å². The van der Waals surface area contributed by atoms with E-state index in [0.29, 0.717) is 39.3 Å². The standard InChI is InChI=1S/C14H19F2N3O2/c1-21-10-5-17-14(20)19-8-6-18(7-9-19)13-11(15)3-2-4-12(13)16/h2-4H,5-10H2,1H3,(H,17,20). The Balaban J connectivity index is 1.90. The number of carbonyl (C=O) groups excluding carboxylic acids is 1. The summed E-state index contributed by atoms with van der Waals surface area (Å²) in [5.74, 6) is -1.15. The van der Waals surface area contributed by atoms with Crippen LogP contribution in [0.15, 0.2) is 18.2 Å². The topological polar surface area (TPSA) is 44.8 Å². The van der Waals surface area contributed by atoms with Crippen LogP contribution in [0.1, 0.15) is 0 Å². The summed E-state index contributed by atoms with van der Waals surface area (Å²) in [7, 11) is 1.56. The minimum Gasteiger partial charge on any atom is -0.383 e. The van der Waals surface area contributed by atoms with E-state index in [0.717, 1.165) is 0 Å². The Morgan fingerprint density at radius 2 is 1.86 bits per heavy atom. The molecule has 0 unspecified atom stereocenters. The van der Waals surface area contributed by atoms with E-state index < -0.39 is 11.6 Å². The second kappa shape index (κ2) is 7.21. The second-order valence-corrected chi connectivity index (χ2v) is 4.77. The van der Waals surface area contributed by atoms with Crippen molar-refractivity contribution in [1.29, 1.82) is 0 Å². The molecule has 2 rings (SSSR count). The number of carbonyl (C=O) groups is 1. The highest BCUT2D eigenvalue weighted by Crippen LogP contribution is 2.24. The number of hydrogen-bond acceptors (Lipinski definition) is 3. The highest BCUT2D eigenvalue weighted by atomic mass is 19.1. The van der Waals surface area contributed by atoms with Gasteiger partial charge in [-0.15, -0.1) is 0 Å². The molecule has 1 aromatic carbocycles. The third-order valence-corrected chi connectivity index (χ3v) is 3.40. The molecule has 116 valence electrons. The van der Waals surface area contributed by atoms with Crippen molar-refractivity contribution in [2.75, 3.05) is 51.3 Å². The van der Waals surface area contributed by atoms with Crippen LogP contribution in [0.3, 0.4) is 0 Å². The molecule has 1 fully saturated rings. The van der Waals surface area contributed by atoms with Gasteiger partial charge in [-0.1, -0.05) is 6.07 Å². The summed E-state index contributed by atoms with van der Waals surface area (Å²) < 4.78 is 32.3. The second-order valence-electron chi connectivity index (χ2n) is 4.77. The van der Waals surface area contributed by atoms with E-state index in [1.807, 2.05) is 0 Å². The van der Waals surface area contributed by atoms with Crippen molar-refractivity contribution in [3.8, 4) is 0 Å². The quantitative estimate of drug-likeness (QED) is 0.856. The average molecular weight is 299 g/mol. The van der Waals surface area contributed by atoms with Crippen LogP contribution in [0.4, 0.5) is 19.3 Å². The zero-order valence-corrected chi connectivity index (χ0v) is 11.9. The molecular weight excluding hydrogens is 280 g/mol. The summed E-state index contributed by atoms with van der Waals surface area (Å²) in [6, 6.07) is 3.64. The lowest BCUT2D eigenvalue weighted by Crippen LogP contribution is -2.52.